The van der Waals surface area contributed by atoms with E-state index in [1.165, 1.54) is 0 Å². The van der Waals surface area contributed by atoms with Gasteiger partial charge >= 0.3 is 6.03 Å². The second-order valence-corrected chi connectivity index (χ2v) is 5.53. The summed E-state index contributed by atoms with van der Waals surface area (Å²) in [7, 11) is 1.57. The van der Waals surface area contributed by atoms with Crippen LogP contribution in [0.1, 0.15) is 6.42 Å². The highest BCUT2D eigenvalue weighted by Gasteiger charge is 2.07. The standard InChI is InChI=1S/C18H19N5O3/c1-26-14-8-6-13(7-9-14)20-18(25)22-21-17(24)10-11-23-12-19-15-4-2-3-5-16(15)23/h2-9,12H,10-11H2,1H3,(H,21,24)(H2,20,22,25). The van der Waals surface area contributed by atoms with Crippen LogP contribution in [0, 0.1) is 0 Å². The zero-order valence-electron chi connectivity index (χ0n) is 14.2. The predicted octanol–water partition coefficient (Wildman–Crippen LogP) is 2.29. The van der Waals surface area contributed by atoms with Gasteiger partial charge in [0.2, 0.25) is 5.91 Å². The molecule has 0 saturated heterocycles. The van der Waals surface area contributed by atoms with Crippen molar-refractivity contribution in [1.82, 2.24) is 20.4 Å². The smallest absolute Gasteiger partial charge is 0.337 e. The van der Waals surface area contributed by atoms with Gasteiger partial charge in [-0.05, 0) is 36.4 Å². The minimum atomic E-state index is -0.531. The second-order valence-electron chi connectivity index (χ2n) is 5.53. The van der Waals surface area contributed by atoms with Crippen LogP contribution in [0.2, 0.25) is 0 Å². The number of rotatable bonds is 5. The first-order valence-electron chi connectivity index (χ1n) is 8.05. The number of amides is 3. The Labute approximate surface area is 150 Å². The third kappa shape index (κ3) is 4.29. The summed E-state index contributed by atoms with van der Waals surface area (Å²) in [5, 5.41) is 2.61. The number of urea groups is 1. The Morgan fingerprint density at radius 1 is 1.08 bits per heavy atom. The molecule has 0 spiro atoms. The molecule has 0 unspecified atom stereocenters. The highest BCUT2D eigenvalue weighted by Crippen LogP contribution is 2.14. The number of benzene rings is 2. The summed E-state index contributed by atoms with van der Waals surface area (Å²) in [4.78, 5) is 28.0. The first-order valence-corrected chi connectivity index (χ1v) is 8.05. The number of anilines is 1. The zero-order chi connectivity index (χ0) is 18.4. The van der Waals surface area contributed by atoms with E-state index in [4.69, 9.17) is 4.74 Å². The molecule has 0 atom stereocenters. The van der Waals surface area contributed by atoms with E-state index < -0.39 is 6.03 Å². The maximum absolute atomic E-state index is 11.9. The van der Waals surface area contributed by atoms with Crippen LogP contribution in [0.25, 0.3) is 11.0 Å². The Kier molecular flexibility index (Phi) is 5.33. The van der Waals surface area contributed by atoms with Gasteiger partial charge in [0, 0.05) is 18.7 Å². The van der Waals surface area contributed by atoms with E-state index in [1.54, 1.807) is 37.7 Å². The van der Waals surface area contributed by atoms with E-state index in [1.807, 2.05) is 28.8 Å². The number of carbonyl (C=O) groups is 2. The number of fused-ring (bicyclic) bond motifs is 1. The van der Waals surface area contributed by atoms with E-state index in [0.29, 0.717) is 18.0 Å². The second kappa shape index (κ2) is 8.02. The molecule has 3 rings (SSSR count). The summed E-state index contributed by atoms with van der Waals surface area (Å²) < 4.78 is 6.94. The van der Waals surface area contributed by atoms with E-state index in [9.17, 15) is 9.59 Å². The van der Waals surface area contributed by atoms with Crippen LogP contribution in [-0.2, 0) is 11.3 Å². The molecule has 0 aliphatic heterocycles. The summed E-state index contributed by atoms with van der Waals surface area (Å²) in [6.45, 7) is 0.466. The van der Waals surface area contributed by atoms with Crippen molar-refractivity contribution in [2.24, 2.45) is 0 Å². The highest BCUT2D eigenvalue weighted by molar-refractivity contribution is 5.90. The molecule has 134 valence electrons. The summed E-state index contributed by atoms with van der Waals surface area (Å²) in [5.41, 5.74) is 7.13. The lowest BCUT2D eigenvalue weighted by molar-refractivity contribution is -0.121. The molecule has 1 aromatic heterocycles. The third-order valence-electron chi connectivity index (χ3n) is 3.77. The zero-order valence-corrected chi connectivity index (χ0v) is 14.2. The molecule has 3 aromatic rings. The maximum atomic E-state index is 11.9. The van der Waals surface area contributed by atoms with Gasteiger partial charge in [-0.15, -0.1) is 0 Å². The normalized spacial score (nSPS) is 10.3. The number of imidazole rings is 1. The number of nitrogens with one attached hydrogen (secondary N) is 3. The lowest BCUT2D eigenvalue weighted by Gasteiger charge is -2.10. The number of hydrazine groups is 1. The number of ether oxygens (including phenoxy) is 1. The Morgan fingerprint density at radius 3 is 2.62 bits per heavy atom. The van der Waals surface area contributed by atoms with E-state index in [0.717, 1.165) is 11.0 Å². The SMILES string of the molecule is COc1ccc(NC(=O)NNC(=O)CCn2cnc3ccccc32)cc1. The maximum Gasteiger partial charge on any atom is 0.337 e. The molecular weight excluding hydrogens is 334 g/mol. The van der Waals surface area contributed by atoms with Crippen LogP contribution in [-0.4, -0.2) is 28.6 Å². The van der Waals surface area contributed by atoms with Gasteiger partial charge in [0.05, 0.1) is 24.5 Å². The Balaban J connectivity index is 1.44. The van der Waals surface area contributed by atoms with Gasteiger partial charge in [-0.2, -0.15) is 0 Å². The van der Waals surface area contributed by atoms with Crippen molar-refractivity contribution in [3.05, 3.63) is 54.9 Å². The monoisotopic (exact) mass is 353 g/mol. The van der Waals surface area contributed by atoms with Crippen molar-refractivity contribution < 1.29 is 14.3 Å². The van der Waals surface area contributed by atoms with Crippen molar-refractivity contribution in [3.63, 3.8) is 0 Å². The fraction of sp³-hybridized carbons (Fsp3) is 0.167. The van der Waals surface area contributed by atoms with Gasteiger partial charge in [-0.3, -0.25) is 10.2 Å². The third-order valence-corrected chi connectivity index (χ3v) is 3.77. The summed E-state index contributed by atoms with van der Waals surface area (Å²) in [6.07, 6.45) is 1.91. The fourth-order valence-corrected chi connectivity index (χ4v) is 2.44. The quantitative estimate of drug-likeness (QED) is 0.613. The molecule has 8 heteroatoms. The lowest BCUT2D eigenvalue weighted by atomic mass is 10.3. The molecule has 3 amide bonds. The molecule has 0 fully saturated rings. The number of nitrogens with zero attached hydrogens (tertiary/aromatic N) is 2. The van der Waals surface area contributed by atoms with E-state index in [2.05, 4.69) is 21.2 Å². The number of aryl methyl sites for hydroxylation is 1. The van der Waals surface area contributed by atoms with Crippen LogP contribution >= 0.6 is 0 Å². The molecule has 0 bridgehead atoms. The van der Waals surface area contributed by atoms with Crippen LogP contribution in [0.15, 0.2) is 54.9 Å². The molecule has 1 heterocycles. The number of hydrogen-bond donors (Lipinski definition) is 3. The van der Waals surface area contributed by atoms with Crippen LogP contribution in [0.3, 0.4) is 0 Å². The number of aromatic nitrogens is 2. The number of carbonyl (C=O) groups excluding carboxylic acids is 2. The average Bonchev–Trinajstić information content (AvgIpc) is 3.08. The van der Waals surface area contributed by atoms with Gasteiger partial charge in [0.25, 0.3) is 0 Å². The van der Waals surface area contributed by atoms with Crippen LogP contribution < -0.4 is 20.9 Å². The Hall–Kier alpha value is -3.55. The molecule has 0 saturated carbocycles. The van der Waals surface area contributed by atoms with Crippen molar-refractivity contribution in [3.8, 4) is 5.75 Å². The van der Waals surface area contributed by atoms with Gasteiger partial charge in [0.15, 0.2) is 0 Å². The minimum absolute atomic E-state index is 0.211. The molecule has 2 aromatic carbocycles. The number of methoxy groups -OCH3 is 1. The summed E-state index contributed by atoms with van der Waals surface area (Å²) in [5.74, 6) is 0.393. The van der Waals surface area contributed by atoms with E-state index in [-0.39, 0.29) is 12.3 Å². The molecule has 26 heavy (non-hydrogen) atoms. The van der Waals surface area contributed by atoms with Crippen molar-refractivity contribution >= 4 is 28.7 Å². The van der Waals surface area contributed by atoms with Crippen molar-refractivity contribution in [1.29, 1.82) is 0 Å². The number of hydrogen-bond acceptors (Lipinski definition) is 4. The first kappa shape index (κ1) is 17.3. The van der Waals surface area contributed by atoms with Gasteiger partial charge < -0.3 is 14.6 Å². The predicted molar refractivity (Wildman–Crippen MR) is 97.6 cm³/mol. The van der Waals surface area contributed by atoms with Crippen molar-refractivity contribution in [2.45, 2.75) is 13.0 Å². The van der Waals surface area contributed by atoms with Gasteiger partial charge in [0.1, 0.15) is 5.75 Å². The van der Waals surface area contributed by atoms with Crippen LogP contribution in [0.5, 0.6) is 5.75 Å². The van der Waals surface area contributed by atoms with Gasteiger partial charge in [-0.25, -0.2) is 15.2 Å². The summed E-state index contributed by atoms with van der Waals surface area (Å²) >= 11 is 0. The number of para-hydroxylation sites is 2. The van der Waals surface area contributed by atoms with Gasteiger partial charge in [-0.1, -0.05) is 12.1 Å². The average molecular weight is 353 g/mol. The fourth-order valence-electron chi connectivity index (χ4n) is 2.44. The molecular formula is C18H19N5O3. The summed E-state index contributed by atoms with van der Waals surface area (Å²) in [6, 6.07) is 14.0. The Morgan fingerprint density at radius 2 is 1.85 bits per heavy atom. The topological polar surface area (TPSA) is 97.3 Å². The molecule has 0 radical (unpaired) electrons. The molecule has 0 aliphatic rings. The molecule has 3 N–H and O–H groups in total. The van der Waals surface area contributed by atoms with E-state index >= 15 is 0 Å². The van der Waals surface area contributed by atoms with Crippen molar-refractivity contribution in [2.75, 3.05) is 12.4 Å². The molecule has 8 nitrogen and oxygen atoms in total. The lowest BCUT2D eigenvalue weighted by Crippen LogP contribution is -2.44. The molecule has 0 aliphatic carbocycles. The largest absolute Gasteiger partial charge is 0.497 e. The minimum Gasteiger partial charge on any atom is -0.497 e. The highest BCUT2D eigenvalue weighted by atomic mass is 16.5. The first-order chi connectivity index (χ1) is 12.7. The van der Waals surface area contributed by atoms with Crippen LogP contribution in [0.4, 0.5) is 10.5 Å². The Bertz CT molecular complexity index is 905.